The number of hydrogen-bond acceptors (Lipinski definition) is 5. The number of imidazole rings is 1. The van der Waals surface area contributed by atoms with Gasteiger partial charge in [0.2, 0.25) is 5.88 Å². The second kappa shape index (κ2) is 9.12. The fraction of sp³-hybridized carbons (Fsp3) is 0.0870. The van der Waals surface area contributed by atoms with Gasteiger partial charge in [-0.3, -0.25) is 0 Å². The van der Waals surface area contributed by atoms with E-state index in [-0.39, 0.29) is 0 Å². The molecule has 0 saturated carbocycles. The number of pyridine rings is 1. The Labute approximate surface area is 179 Å². The Morgan fingerprint density at radius 1 is 1.07 bits per heavy atom. The van der Waals surface area contributed by atoms with Crippen LogP contribution in [-0.2, 0) is 13.0 Å². The second-order valence-corrected chi connectivity index (χ2v) is 7.05. The van der Waals surface area contributed by atoms with Gasteiger partial charge < -0.3 is 15.0 Å². The van der Waals surface area contributed by atoms with Crippen LogP contribution in [0.15, 0.2) is 72.9 Å². The number of ether oxygens (including phenoxy) is 1. The molecule has 2 aromatic heterocycles. The first-order valence-electron chi connectivity index (χ1n) is 9.34. The molecule has 0 spiro atoms. The molecule has 2 N–H and O–H groups in total. The summed E-state index contributed by atoms with van der Waals surface area (Å²) < 4.78 is 5.76. The number of nitrogens with one attached hydrogen (secondary N) is 2. The number of aromatic nitrogens is 3. The molecule has 148 valence electrons. The molecule has 0 aliphatic heterocycles. The highest BCUT2D eigenvalue weighted by Gasteiger charge is 2.05. The molecule has 4 aromatic rings. The van der Waals surface area contributed by atoms with Crippen molar-refractivity contribution in [3.8, 4) is 17.7 Å². The number of aromatic amines is 1. The Kier molecular flexibility index (Phi) is 5.93. The van der Waals surface area contributed by atoms with Gasteiger partial charge in [0.05, 0.1) is 30.1 Å². The van der Waals surface area contributed by atoms with Crippen LogP contribution >= 0.6 is 11.6 Å². The van der Waals surface area contributed by atoms with Gasteiger partial charge in [-0.1, -0.05) is 35.9 Å². The topological polar surface area (TPSA) is 86.6 Å². The minimum absolute atomic E-state index is 0.480. The minimum Gasteiger partial charge on any atom is -0.439 e. The van der Waals surface area contributed by atoms with E-state index in [0.29, 0.717) is 41.0 Å². The van der Waals surface area contributed by atoms with Gasteiger partial charge in [0.1, 0.15) is 17.4 Å². The van der Waals surface area contributed by atoms with E-state index in [1.165, 1.54) is 0 Å². The molecule has 0 unspecified atom stereocenters. The number of hydrogen-bond donors (Lipinski definition) is 2. The van der Waals surface area contributed by atoms with Gasteiger partial charge >= 0.3 is 0 Å². The summed E-state index contributed by atoms with van der Waals surface area (Å²) in [6.07, 6.45) is 2.48. The standard InChI is InChI=1S/C23H18ClN5O/c24-18-3-1-4-20(12-18)30-23-6-2-5-21(29-23)26-14-19-15-27-22(28-19)11-16-7-9-17(13-25)10-8-16/h1-10,12,15H,11,14H2,(H,26,29)(H,27,28). The molecule has 0 radical (unpaired) electrons. The lowest BCUT2D eigenvalue weighted by molar-refractivity contribution is 0.463. The average Bonchev–Trinajstić information content (AvgIpc) is 3.20. The molecule has 0 aliphatic rings. The first-order chi connectivity index (χ1) is 14.7. The average molecular weight is 416 g/mol. The van der Waals surface area contributed by atoms with E-state index >= 15 is 0 Å². The van der Waals surface area contributed by atoms with Gasteiger partial charge in [-0.2, -0.15) is 10.2 Å². The molecule has 2 heterocycles. The number of halogens is 1. The zero-order valence-corrected chi connectivity index (χ0v) is 16.7. The molecule has 0 fully saturated rings. The zero-order chi connectivity index (χ0) is 20.8. The number of rotatable bonds is 7. The first-order valence-corrected chi connectivity index (χ1v) is 9.72. The van der Waals surface area contributed by atoms with Crippen LogP contribution < -0.4 is 10.1 Å². The van der Waals surface area contributed by atoms with Crippen molar-refractivity contribution in [1.82, 2.24) is 15.0 Å². The van der Waals surface area contributed by atoms with Gasteiger partial charge in [0.25, 0.3) is 0 Å². The Morgan fingerprint density at radius 2 is 1.90 bits per heavy atom. The van der Waals surface area contributed by atoms with E-state index in [0.717, 1.165) is 17.1 Å². The highest BCUT2D eigenvalue weighted by molar-refractivity contribution is 6.30. The Bertz CT molecular complexity index is 1180. The highest BCUT2D eigenvalue weighted by atomic mass is 35.5. The number of anilines is 1. The lowest BCUT2D eigenvalue weighted by atomic mass is 10.1. The van der Waals surface area contributed by atoms with Crippen molar-refractivity contribution in [1.29, 1.82) is 5.26 Å². The summed E-state index contributed by atoms with van der Waals surface area (Å²) >= 11 is 5.99. The predicted octanol–water partition coefficient (Wildman–Crippen LogP) is 5.32. The maximum atomic E-state index is 8.88. The Balaban J connectivity index is 1.35. The summed E-state index contributed by atoms with van der Waals surface area (Å²) in [5.41, 5.74) is 2.69. The largest absolute Gasteiger partial charge is 0.439 e. The third kappa shape index (κ3) is 5.16. The molecule has 30 heavy (non-hydrogen) atoms. The quantitative estimate of drug-likeness (QED) is 0.426. The van der Waals surface area contributed by atoms with E-state index in [4.69, 9.17) is 21.6 Å². The van der Waals surface area contributed by atoms with E-state index in [1.807, 2.05) is 48.5 Å². The summed E-state index contributed by atoms with van der Waals surface area (Å²) in [4.78, 5) is 12.2. The third-order valence-corrected chi connectivity index (χ3v) is 4.57. The fourth-order valence-electron chi connectivity index (χ4n) is 2.88. The maximum Gasteiger partial charge on any atom is 0.221 e. The van der Waals surface area contributed by atoms with Crippen LogP contribution in [-0.4, -0.2) is 15.0 Å². The lowest BCUT2D eigenvalue weighted by Gasteiger charge is -2.08. The summed E-state index contributed by atoms with van der Waals surface area (Å²) in [6.45, 7) is 0.550. The van der Waals surface area contributed by atoms with Crippen LogP contribution in [0.1, 0.15) is 22.6 Å². The van der Waals surface area contributed by atoms with Crippen molar-refractivity contribution in [3.63, 3.8) is 0 Å². The van der Waals surface area contributed by atoms with Crippen molar-refractivity contribution in [2.75, 3.05) is 5.32 Å². The van der Waals surface area contributed by atoms with Crippen molar-refractivity contribution >= 4 is 17.4 Å². The van der Waals surface area contributed by atoms with Crippen LogP contribution in [0.2, 0.25) is 5.02 Å². The summed E-state index contributed by atoms with van der Waals surface area (Å²) in [5, 5.41) is 12.8. The van der Waals surface area contributed by atoms with Crippen LogP contribution in [0.3, 0.4) is 0 Å². The predicted molar refractivity (Wildman–Crippen MR) is 116 cm³/mol. The molecule has 0 saturated heterocycles. The number of H-pyrrole nitrogens is 1. The monoisotopic (exact) mass is 415 g/mol. The van der Waals surface area contributed by atoms with E-state index in [1.54, 1.807) is 24.4 Å². The molecule has 0 amide bonds. The zero-order valence-electron chi connectivity index (χ0n) is 16.0. The van der Waals surface area contributed by atoms with Crippen LogP contribution in [0.5, 0.6) is 11.6 Å². The van der Waals surface area contributed by atoms with Gasteiger partial charge in [0, 0.05) is 17.5 Å². The molecule has 7 heteroatoms. The van der Waals surface area contributed by atoms with Crippen LogP contribution in [0, 0.1) is 11.3 Å². The Morgan fingerprint density at radius 3 is 2.70 bits per heavy atom. The lowest BCUT2D eigenvalue weighted by Crippen LogP contribution is -2.02. The van der Waals surface area contributed by atoms with Crippen molar-refractivity contribution in [2.45, 2.75) is 13.0 Å². The molecule has 4 rings (SSSR count). The summed E-state index contributed by atoms with van der Waals surface area (Å²) in [6, 6.07) is 22.3. The fourth-order valence-corrected chi connectivity index (χ4v) is 3.06. The van der Waals surface area contributed by atoms with Crippen molar-refractivity contribution in [3.05, 3.63) is 101 Å². The number of nitrogens with zero attached hydrogens (tertiary/aromatic N) is 3. The third-order valence-electron chi connectivity index (χ3n) is 4.34. The minimum atomic E-state index is 0.480. The number of benzene rings is 2. The molecule has 0 atom stereocenters. The first kappa shape index (κ1) is 19.5. The van der Waals surface area contributed by atoms with E-state index in [9.17, 15) is 0 Å². The molecule has 0 aliphatic carbocycles. The maximum absolute atomic E-state index is 8.88. The van der Waals surface area contributed by atoms with Crippen LogP contribution in [0.25, 0.3) is 0 Å². The smallest absolute Gasteiger partial charge is 0.221 e. The van der Waals surface area contributed by atoms with Crippen LogP contribution in [0.4, 0.5) is 5.82 Å². The summed E-state index contributed by atoms with van der Waals surface area (Å²) in [7, 11) is 0. The van der Waals surface area contributed by atoms with Crippen molar-refractivity contribution in [2.24, 2.45) is 0 Å². The number of nitriles is 1. The molecular formula is C23H18ClN5O. The van der Waals surface area contributed by atoms with Crippen molar-refractivity contribution < 1.29 is 4.74 Å². The van der Waals surface area contributed by atoms with E-state index in [2.05, 4.69) is 26.3 Å². The van der Waals surface area contributed by atoms with Gasteiger partial charge in [-0.15, -0.1) is 0 Å². The molecule has 6 nitrogen and oxygen atoms in total. The SMILES string of the molecule is N#Cc1ccc(Cc2ncc(CNc3cccc(Oc4cccc(Cl)c4)n3)[nH]2)cc1. The molecular weight excluding hydrogens is 398 g/mol. The van der Waals surface area contributed by atoms with Gasteiger partial charge in [0.15, 0.2) is 0 Å². The van der Waals surface area contributed by atoms with Gasteiger partial charge in [-0.25, -0.2) is 4.98 Å². The van der Waals surface area contributed by atoms with Gasteiger partial charge in [-0.05, 0) is 42.0 Å². The second-order valence-electron chi connectivity index (χ2n) is 6.61. The normalized spacial score (nSPS) is 10.4. The molecule has 0 bridgehead atoms. The Hall–Kier alpha value is -3.82. The van der Waals surface area contributed by atoms with E-state index < -0.39 is 0 Å². The molecule has 2 aromatic carbocycles. The highest BCUT2D eigenvalue weighted by Crippen LogP contribution is 2.23. The summed E-state index contributed by atoms with van der Waals surface area (Å²) in [5.74, 6) is 2.67.